The second-order valence-corrected chi connectivity index (χ2v) is 6.30. The van der Waals surface area contributed by atoms with Crippen molar-refractivity contribution in [3.63, 3.8) is 0 Å². The number of hydrogen-bond donors (Lipinski definition) is 2. The van der Waals surface area contributed by atoms with Crippen molar-refractivity contribution in [3.05, 3.63) is 46.1 Å². The molecule has 8 nitrogen and oxygen atoms in total. The fourth-order valence-electron chi connectivity index (χ4n) is 3.25. The van der Waals surface area contributed by atoms with Crippen LogP contribution in [0.5, 0.6) is 0 Å². The maximum absolute atomic E-state index is 12.1. The van der Waals surface area contributed by atoms with Gasteiger partial charge in [0.2, 0.25) is 0 Å². The number of fused-ring (bicyclic) bond motifs is 1. The molecular formula is C18H18N6O2. The van der Waals surface area contributed by atoms with Gasteiger partial charge in [0, 0.05) is 19.3 Å². The van der Waals surface area contributed by atoms with Gasteiger partial charge in [0.05, 0.1) is 29.0 Å². The van der Waals surface area contributed by atoms with E-state index in [2.05, 4.69) is 26.5 Å². The van der Waals surface area contributed by atoms with Gasteiger partial charge in [0.15, 0.2) is 5.65 Å². The number of aromatic nitrogens is 4. The lowest BCUT2D eigenvalue weighted by atomic mass is 10.1. The van der Waals surface area contributed by atoms with Gasteiger partial charge in [0.1, 0.15) is 11.5 Å². The lowest BCUT2D eigenvalue weighted by Gasteiger charge is -2.24. The molecule has 1 saturated heterocycles. The van der Waals surface area contributed by atoms with Gasteiger partial charge >= 0.3 is 0 Å². The molecule has 3 aromatic rings. The molecule has 0 atom stereocenters. The zero-order chi connectivity index (χ0) is 18.1. The Kier molecular flexibility index (Phi) is 4.14. The standard InChI is InChI=1S/C18H18N6O2/c1-11-16-17(20-10-21-18(16)25)24(23-11)14-3-2-12(9-19)15(8-14)22-13-4-6-26-7-5-13/h2-3,8,10,13,22H,4-7H2,1H3,(H,20,21,25). The molecule has 1 fully saturated rings. The van der Waals surface area contributed by atoms with Crippen molar-refractivity contribution in [2.75, 3.05) is 18.5 Å². The summed E-state index contributed by atoms with van der Waals surface area (Å²) in [5.74, 6) is 0. The van der Waals surface area contributed by atoms with E-state index in [-0.39, 0.29) is 11.6 Å². The van der Waals surface area contributed by atoms with E-state index in [4.69, 9.17) is 4.74 Å². The maximum Gasteiger partial charge on any atom is 0.262 e. The quantitative estimate of drug-likeness (QED) is 0.746. The summed E-state index contributed by atoms with van der Waals surface area (Å²) in [5.41, 5.74) is 2.95. The van der Waals surface area contributed by atoms with E-state index < -0.39 is 0 Å². The summed E-state index contributed by atoms with van der Waals surface area (Å²) in [6.45, 7) is 3.21. The highest BCUT2D eigenvalue weighted by molar-refractivity contribution is 5.79. The van der Waals surface area contributed by atoms with Crippen LogP contribution in [0.15, 0.2) is 29.3 Å². The summed E-state index contributed by atoms with van der Waals surface area (Å²) in [6.07, 6.45) is 3.17. The summed E-state index contributed by atoms with van der Waals surface area (Å²) < 4.78 is 7.02. The van der Waals surface area contributed by atoms with Crippen LogP contribution in [0.3, 0.4) is 0 Å². The molecular weight excluding hydrogens is 332 g/mol. The zero-order valence-corrected chi connectivity index (χ0v) is 14.3. The molecule has 0 bridgehead atoms. The lowest BCUT2D eigenvalue weighted by molar-refractivity contribution is 0.0904. The first kappa shape index (κ1) is 16.3. The minimum atomic E-state index is -0.215. The summed E-state index contributed by atoms with van der Waals surface area (Å²) in [4.78, 5) is 18.9. The average Bonchev–Trinajstić information content (AvgIpc) is 3.00. The number of anilines is 1. The first-order chi connectivity index (χ1) is 12.7. The minimum absolute atomic E-state index is 0.215. The van der Waals surface area contributed by atoms with Crippen molar-refractivity contribution in [3.8, 4) is 11.8 Å². The topological polar surface area (TPSA) is 109 Å². The van der Waals surface area contributed by atoms with E-state index in [1.54, 1.807) is 17.7 Å². The van der Waals surface area contributed by atoms with Crippen LogP contribution >= 0.6 is 0 Å². The Morgan fingerprint density at radius 2 is 2.19 bits per heavy atom. The Morgan fingerprint density at radius 3 is 2.96 bits per heavy atom. The van der Waals surface area contributed by atoms with Crippen molar-refractivity contribution < 1.29 is 4.74 Å². The number of aryl methyl sites for hydroxylation is 1. The number of aromatic amines is 1. The Balaban J connectivity index is 1.78. The zero-order valence-electron chi connectivity index (χ0n) is 14.3. The summed E-state index contributed by atoms with van der Waals surface area (Å²) in [5, 5.41) is 17.8. The van der Waals surface area contributed by atoms with Gasteiger partial charge in [-0.05, 0) is 38.0 Å². The van der Waals surface area contributed by atoms with E-state index in [0.29, 0.717) is 22.3 Å². The fraction of sp³-hybridized carbons (Fsp3) is 0.333. The smallest absolute Gasteiger partial charge is 0.262 e. The van der Waals surface area contributed by atoms with Crippen molar-refractivity contribution in [2.45, 2.75) is 25.8 Å². The van der Waals surface area contributed by atoms with Crippen LogP contribution in [-0.4, -0.2) is 39.0 Å². The Bertz CT molecular complexity index is 1060. The minimum Gasteiger partial charge on any atom is -0.381 e. The molecule has 2 N–H and O–H groups in total. The Hall–Kier alpha value is -3.18. The van der Waals surface area contributed by atoms with Crippen LogP contribution in [0, 0.1) is 18.3 Å². The SMILES string of the molecule is Cc1nn(-c2ccc(C#N)c(NC3CCOCC3)c2)c2nc[nH]c(=O)c12. The van der Waals surface area contributed by atoms with Gasteiger partial charge in [-0.2, -0.15) is 10.4 Å². The third-order valence-corrected chi connectivity index (χ3v) is 4.59. The molecule has 0 spiro atoms. The van der Waals surface area contributed by atoms with E-state index in [9.17, 15) is 10.1 Å². The number of nitrogens with zero attached hydrogens (tertiary/aromatic N) is 4. The molecule has 0 aliphatic carbocycles. The predicted octanol–water partition coefficient (Wildman–Crippen LogP) is 1.88. The molecule has 132 valence electrons. The van der Waals surface area contributed by atoms with Crippen molar-refractivity contribution >= 4 is 16.7 Å². The van der Waals surface area contributed by atoms with E-state index >= 15 is 0 Å². The monoisotopic (exact) mass is 350 g/mol. The van der Waals surface area contributed by atoms with Gasteiger partial charge in [-0.15, -0.1) is 0 Å². The van der Waals surface area contributed by atoms with Gasteiger partial charge in [-0.1, -0.05) is 0 Å². The first-order valence-corrected chi connectivity index (χ1v) is 8.49. The summed E-state index contributed by atoms with van der Waals surface area (Å²) in [6, 6.07) is 7.93. The van der Waals surface area contributed by atoms with E-state index in [0.717, 1.165) is 37.4 Å². The average molecular weight is 350 g/mol. The van der Waals surface area contributed by atoms with Gasteiger partial charge < -0.3 is 15.0 Å². The highest BCUT2D eigenvalue weighted by Crippen LogP contribution is 2.24. The van der Waals surface area contributed by atoms with Gasteiger partial charge in [0.25, 0.3) is 5.56 Å². The molecule has 1 aliphatic rings. The molecule has 1 aromatic carbocycles. The highest BCUT2D eigenvalue weighted by atomic mass is 16.5. The third-order valence-electron chi connectivity index (χ3n) is 4.59. The maximum atomic E-state index is 12.1. The molecule has 1 aliphatic heterocycles. The van der Waals surface area contributed by atoms with Crippen LogP contribution in [0.25, 0.3) is 16.7 Å². The number of nitrogens with one attached hydrogen (secondary N) is 2. The van der Waals surface area contributed by atoms with Crippen molar-refractivity contribution in [1.29, 1.82) is 5.26 Å². The molecule has 0 radical (unpaired) electrons. The molecule has 2 aromatic heterocycles. The number of hydrogen-bond acceptors (Lipinski definition) is 6. The summed E-state index contributed by atoms with van der Waals surface area (Å²) in [7, 11) is 0. The molecule has 4 rings (SSSR count). The van der Waals surface area contributed by atoms with Crippen LogP contribution in [0.2, 0.25) is 0 Å². The molecule has 0 unspecified atom stereocenters. The second-order valence-electron chi connectivity index (χ2n) is 6.30. The third kappa shape index (κ3) is 2.82. The molecule has 0 saturated carbocycles. The molecule has 26 heavy (non-hydrogen) atoms. The van der Waals surface area contributed by atoms with Crippen LogP contribution < -0.4 is 10.9 Å². The Labute approximate surface area is 149 Å². The van der Waals surface area contributed by atoms with Gasteiger partial charge in [-0.25, -0.2) is 9.67 Å². The number of H-pyrrole nitrogens is 1. The molecule has 8 heteroatoms. The number of nitriles is 1. The normalized spacial score (nSPS) is 15.1. The second kappa shape index (κ2) is 6.61. The van der Waals surface area contributed by atoms with Crippen LogP contribution in [-0.2, 0) is 4.74 Å². The first-order valence-electron chi connectivity index (χ1n) is 8.49. The highest BCUT2D eigenvalue weighted by Gasteiger charge is 2.17. The Morgan fingerprint density at radius 1 is 1.38 bits per heavy atom. The molecule has 3 heterocycles. The largest absolute Gasteiger partial charge is 0.381 e. The van der Waals surface area contributed by atoms with E-state index in [1.165, 1.54) is 6.33 Å². The number of benzene rings is 1. The van der Waals surface area contributed by atoms with Crippen LogP contribution in [0.4, 0.5) is 5.69 Å². The van der Waals surface area contributed by atoms with Crippen molar-refractivity contribution in [1.82, 2.24) is 19.7 Å². The van der Waals surface area contributed by atoms with E-state index in [1.807, 2.05) is 12.1 Å². The lowest BCUT2D eigenvalue weighted by Crippen LogP contribution is -2.28. The summed E-state index contributed by atoms with van der Waals surface area (Å²) >= 11 is 0. The number of ether oxygens (including phenoxy) is 1. The van der Waals surface area contributed by atoms with Crippen LogP contribution in [0.1, 0.15) is 24.1 Å². The predicted molar refractivity (Wildman–Crippen MR) is 96.4 cm³/mol. The fourth-order valence-corrected chi connectivity index (χ4v) is 3.25. The molecule has 0 amide bonds. The van der Waals surface area contributed by atoms with Crippen molar-refractivity contribution in [2.24, 2.45) is 0 Å². The number of rotatable bonds is 3. The van der Waals surface area contributed by atoms with Gasteiger partial charge in [-0.3, -0.25) is 4.79 Å².